The molecular formula is C29H32O4. The van der Waals surface area contributed by atoms with E-state index in [4.69, 9.17) is 18.9 Å². The summed E-state index contributed by atoms with van der Waals surface area (Å²) in [5, 5.41) is 0. The van der Waals surface area contributed by atoms with E-state index in [1.54, 1.807) is 14.2 Å². The summed E-state index contributed by atoms with van der Waals surface area (Å²) < 4.78 is 24.1. The standard InChI is InChI=1S/C29H32O4/c1-28(23-11-15-26(31-3)16-12-23)29(19-24(29)20-33-28)27(22-9-13-25(30-2)14-10-22)32-18-17-21-7-5-4-6-8-21/h4-16,24,27H,17-20H2,1-3H3/t24-,27+,28-,29-/m1/s1. The third-order valence-corrected chi connectivity index (χ3v) is 7.66. The molecule has 2 aliphatic rings. The molecule has 3 aromatic rings. The summed E-state index contributed by atoms with van der Waals surface area (Å²) in [4.78, 5) is 0. The number of hydrogen-bond donors (Lipinski definition) is 0. The molecule has 0 bridgehead atoms. The summed E-state index contributed by atoms with van der Waals surface area (Å²) in [6.45, 7) is 3.66. The molecule has 1 aliphatic heterocycles. The van der Waals surface area contributed by atoms with Crippen molar-refractivity contribution in [3.8, 4) is 11.5 Å². The molecule has 0 radical (unpaired) electrons. The van der Waals surface area contributed by atoms with Gasteiger partial charge in [-0.2, -0.15) is 0 Å². The normalized spacial score (nSPS) is 26.5. The van der Waals surface area contributed by atoms with Gasteiger partial charge in [0.25, 0.3) is 0 Å². The first kappa shape index (κ1) is 22.0. The molecule has 0 N–H and O–H groups in total. The number of fused-ring (bicyclic) bond motifs is 1. The van der Waals surface area contributed by atoms with Crippen LogP contribution in [0.2, 0.25) is 0 Å². The van der Waals surface area contributed by atoms with Gasteiger partial charge in [0.1, 0.15) is 11.5 Å². The maximum Gasteiger partial charge on any atom is 0.118 e. The van der Waals surface area contributed by atoms with E-state index in [1.165, 1.54) is 16.7 Å². The van der Waals surface area contributed by atoms with Gasteiger partial charge < -0.3 is 18.9 Å². The molecule has 1 saturated carbocycles. The van der Waals surface area contributed by atoms with Gasteiger partial charge in [0, 0.05) is 5.41 Å². The van der Waals surface area contributed by atoms with Crippen LogP contribution in [0.4, 0.5) is 0 Å². The van der Waals surface area contributed by atoms with Gasteiger partial charge in [0.15, 0.2) is 0 Å². The molecule has 0 amide bonds. The van der Waals surface area contributed by atoms with Crippen LogP contribution in [0.25, 0.3) is 0 Å². The number of methoxy groups -OCH3 is 2. The summed E-state index contributed by atoms with van der Waals surface area (Å²) in [5.74, 6) is 2.19. The van der Waals surface area contributed by atoms with E-state index >= 15 is 0 Å². The Morgan fingerprint density at radius 1 is 0.879 bits per heavy atom. The van der Waals surface area contributed by atoms with Crippen molar-refractivity contribution in [1.82, 2.24) is 0 Å². The summed E-state index contributed by atoms with van der Waals surface area (Å²) in [7, 11) is 3.39. The van der Waals surface area contributed by atoms with E-state index in [-0.39, 0.29) is 11.5 Å². The van der Waals surface area contributed by atoms with Crippen molar-refractivity contribution in [2.24, 2.45) is 11.3 Å². The van der Waals surface area contributed by atoms with E-state index in [2.05, 4.69) is 61.5 Å². The number of hydrogen-bond acceptors (Lipinski definition) is 4. The predicted molar refractivity (Wildman–Crippen MR) is 129 cm³/mol. The van der Waals surface area contributed by atoms with Crippen LogP contribution in [0.15, 0.2) is 78.9 Å². The smallest absolute Gasteiger partial charge is 0.118 e. The second-order valence-corrected chi connectivity index (χ2v) is 9.27. The maximum absolute atomic E-state index is 6.75. The van der Waals surface area contributed by atoms with Gasteiger partial charge in [-0.3, -0.25) is 0 Å². The fourth-order valence-electron chi connectivity index (χ4n) is 5.64. The molecule has 3 aromatic carbocycles. The van der Waals surface area contributed by atoms with Gasteiger partial charge in [0.2, 0.25) is 0 Å². The lowest BCUT2D eigenvalue weighted by Crippen LogP contribution is -2.38. The lowest BCUT2D eigenvalue weighted by Gasteiger charge is -2.40. The van der Waals surface area contributed by atoms with Gasteiger partial charge in [-0.15, -0.1) is 0 Å². The molecule has 2 fully saturated rings. The summed E-state index contributed by atoms with van der Waals surface area (Å²) in [5.41, 5.74) is 3.11. The van der Waals surface area contributed by atoms with Gasteiger partial charge in [-0.1, -0.05) is 54.6 Å². The van der Waals surface area contributed by atoms with Crippen molar-refractivity contribution >= 4 is 0 Å². The summed E-state index contributed by atoms with van der Waals surface area (Å²) >= 11 is 0. The lowest BCUT2D eigenvalue weighted by atomic mass is 9.74. The number of rotatable bonds is 9. The average molecular weight is 445 g/mol. The Kier molecular flexibility index (Phi) is 5.90. The second-order valence-electron chi connectivity index (χ2n) is 9.27. The molecule has 33 heavy (non-hydrogen) atoms. The van der Waals surface area contributed by atoms with Gasteiger partial charge >= 0.3 is 0 Å². The molecule has 4 atom stereocenters. The Morgan fingerprint density at radius 3 is 2.12 bits per heavy atom. The molecule has 172 valence electrons. The zero-order valence-electron chi connectivity index (χ0n) is 19.6. The first-order valence-corrected chi connectivity index (χ1v) is 11.7. The van der Waals surface area contributed by atoms with Crippen molar-refractivity contribution in [3.05, 3.63) is 95.6 Å². The summed E-state index contributed by atoms with van der Waals surface area (Å²) in [6.07, 6.45) is 1.91. The molecule has 5 rings (SSSR count). The van der Waals surface area contributed by atoms with Crippen LogP contribution in [0, 0.1) is 11.3 Å². The molecule has 4 heteroatoms. The van der Waals surface area contributed by atoms with Gasteiger partial charge in [0.05, 0.1) is 39.1 Å². The fourth-order valence-corrected chi connectivity index (χ4v) is 5.64. The van der Waals surface area contributed by atoms with Crippen LogP contribution in [-0.4, -0.2) is 27.4 Å². The minimum Gasteiger partial charge on any atom is -0.497 e. The van der Waals surface area contributed by atoms with Crippen LogP contribution >= 0.6 is 0 Å². The third-order valence-electron chi connectivity index (χ3n) is 7.66. The maximum atomic E-state index is 6.75. The highest BCUT2D eigenvalue weighted by atomic mass is 16.5. The second kappa shape index (κ2) is 8.85. The van der Waals surface area contributed by atoms with Crippen molar-refractivity contribution in [2.45, 2.75) is 31.5 Å². The quantitative estimate of drug-likeness (QED) is 0.408. The van der Waals surface area contributed by atoms with Crippen LogP contribution in [0.3, 0.4) is 0 Å². The molecular weight excluding hydrogens is 412 g/mol. The molecule has 0 spiro atoms. The van der Waals surface area contributed by atoms with Gasteiger partial charge in [-0.25, -0.2) is 0 Å². The Labute approximate surface area is 196 Å². The Balaban J connectivity index is 1.47. The van der Waals surface area contributed by atoms with Crippen molar-refractivity contribution in [1.29, 1.82) is 0 Å². The van der Waals surface area contributed by atoms with Crippen LogP contribution in [-0.2, 0) is 21.5 Å². The van der Waals surface area contributed by atoms with E-state index in [0.717, 1.165) is 30.9 Å². The minimum atomic E-state index is -0.429. The highest BCUT2D eigenvalue weighted by Crippen LogP contribution is 2.75. The highest BCUT2D eigenvalue weighted by molar-refractivity contribution is 5.40. The molecule has 4 nitrogen and oxygen atoms in total. The third kappa shape index (κ3) is 3.81. The number of benzene rings is 3. The van der Waals surface area contributed by atoms with Crippen LogP contribution in [0.1, 0.15) is 36.1 Å². The number of ether oxygens (including phenoxy) is 4. The molecule has 1 saturated heterocycles. The average Bonchev–Trinajstić information content (AvgIpc) is 3.54. The summed E-state index contributed by atoms with van der Waals surface area (Å²) in [6, 6.07) is 27.2. The Morgan fingerprint density at radius 2 is 1.52 bits per heavy atom. The Hall–Kier alpha value is -2.82. The van der Waals surface area contributed by atoms with Gasteiger partial charge in [-0.05, 0) is 66.6 Å². The SMILES string of the molecule is COc1ccc([C@H](OCCc2ccccc2)[C@@]23C[C@@H]2CO[C@]3(C)c2ccc(OC)cc2)cc1. The van der Waals surface area contributed by atoms with Crippen molar-refractivity contribution in [2.75, 3.05) is 27.4 Å². The highest BCUT2D eigenvalue weighted by Gasteiger charge is 2.74. The largest absolute Gasteiger partial charge is 0.497 e. The van der Waals surface area contributed by atoms with Crippen molar-refractivity contribution < 1.29 is 18.9 Å². The fraction of sp³-hybridized carbons (Fsp3) is 0.379. The molecule has 1 heterocycles. The minimum absolute atomic E-state index is 0.0632. The first-order valence-electron chi connectivity index (χ1n) is 11.7. The first-order chi connectivity index (χ1) is 16.1. The molecule has 0 aromatic heterocycles. The van der Waals surface area contributed by atoms with Crippen molar-refractivity contribution in [3.63, 3.8) is 0 Å². The van der Waals surface area contributed by atoms with Crippen LogP contribution < -0.4 is 9.47 Å². The molecule has 0 unspecified atom stereocenters. The van der Waals surface area contributed by atoms with E-state index in [9.17, 15) is 0 Å². The van der Waals surface area contributed by atoms with E-state index in [1.807, 2.05) is 24.3 Å². The zero-order chi connectivity index (χ0) is 22.9. The molecule has 1 aliphatic carbocycles. The van der Waals surface area contributed by atoms with E-state index in [0.29, 0.717) is 12.5 Å². The Bertz CT molecular complexity index is 1060. The zero-order valence-corrected chi connectivity index (χ0v) is 19.6. The lowest BCUT2D eigenvalue weighted by molar-refractivity contribution is -0.108. The van der Waals surface area contributed by atoms with E-state index < -0.39 is 5.60 Å². The van der Waals surface area contributed by atoms with Crippen LogP contribution in [0.5, 0.6) is 11.5 Å². The monoisotopic (exact) mass is 444 g/mol. The topological polar surface area (TPSA) is 36.9 Å². The predicted octanol–water partition coefficient (Wildman–Crippen LogP) is 5.96.